The van der Waals surface area contributed by atoms with E-state index in [0.29, 0.717) is 19.3 Å². The summed E-state index contributed by atoms with van der Waals surface area (Å²) in [5, 5.41) is 0. The Labute approximate surface area is 418 Å². The van der Waals surface area contributed by atoms with Gasteiger partial charge in [0.1, 0.15) is 13.2 Å². The van der Waals surface area contributed by atoms with Crippen LogP contribution >= 0.6 is 0 Å². The van der Waals surface area contributed by atoms with E-state index in [4.69, 9.17) is 14.2 Å². The van der Waals surface area contributed by atoms with Gasteiger partial charge in [0.25, 0.3) is 0 Å². The van der Waals surface area contributed by atoms with E-state index >= 15 is 0 Å². The van der Waals surface area contributed by atoms with E-state index in [2.05, 4.69) is 93.7 Å². The summed E-state index contributed by atoms with van der Waals surface area (Å²) in [6.45, 7) is 6.31. The van der Waals surface area contributed by atoms with Gasteiger partial charge in [-0.25, -0.2) is 0 Å². The second kappa shape index (κ2) is 55.4. The van der Waals surface area contributed by atoms with Crippen LogP contribution < -0.4 is 0 Å². The highest BCUT2D eigenvalue weighted by molar-refractivity contribution is 5.71. The Morgan fingerprint density at radius 2 is 0.647 bits per heavy atom. The van der Waals surface area contributed by atoms with Crippen LogP contribution in [-0.2, 0) is 28.6 Å². The summed E-state index contributed by atoms with van der Waals surface area (Å²) in [6.07, 6.45) is 76.1. The number of ether oxygens (including phenoxy) is 3. The molecule has 0 radical (unpaired) electrons. The normalized spacial score (nSPS) is 13.0. The fourth-order valence-corrected chi connectivity index (χ4v) is 7.21. The van der Waals surface area contributed by atoms with Gasteiger partial charge in [-0.3, -0.25) is 14.4 Å². The molecule has 0 amide bonds. The number of unbranched alkanes of at least 4 members (excludes halogenated alkanes) is 21. The van der Waals surface area contributed by atoms with Crippen LogP contribution in [-0.4, -0.2) is 37.2 Å². The van der Waals surface area contributed by atoms with Crippen molar-refractivity contribution in [3.63, 3.8) is 0 Å². The van der Waals surface area contributed by atoms with Gasteiger partial charge in [-0.2, -0.15) is 0 Å². The number of hydrogen-bond acceptors (Lipinski definition) is 6. The quantitative estimate of drug-likeness (QED) is 0.0199. The average Bonchev–Trinajstić information content (AvgIpc) is 3.34. The first-order valence-corrected chi connectivity index (χ1v) is 27.6. The molecule has 0 aliphatic carbocycles. The van der Waals surface area contributed by atoms with Crippen molar-refractivity contribution in [3.05, 3.63) is 122 Å². The van der Waals surface area contributed by atoms with Gasteiger partial charge in [-0.05, 0) is 103 Å². The average molecular weight is 941 g/mol. The third kappa shape index (κ3) is 52.8. The first-order valence-electron chi connectivity index (χ1n) is 27.6. The first-order chi connectivity index (χ1) is 33.5. The predicted molar refractivity (Wildman–Crippen MR) is 293 cm³/mol. The monoisotopic (exact) mass is 941 g/mol. The Hall–Kier alpha value is -4.19. The van der Waals surface area contributed by atoms with E-state index < -0.39 is 6.10 Å². The summed E-state index contributed by atoms with van der Waals surface area (Å²) < 4.78 is 16.8. The zero-order chi connectivity index (χ0) is 49.3. The Morgan fingerprint density at radius 1 is 0.324 bits per heavy atom. The second-order valence-corrected chi connectivity index (χ2v) is 17.8. The van der Waals surface area contributed by atoms with Gasteiger partial charge >= 0.3 is 17.9 Å². The highest BCUT2D eigenvalue weighted by atomic mass is 16.6. The topological polar surface area (TPSA) is 78.9 Å². The van der Waals surface area contributed by atoms with Gasteiger partial charge in [-0.15, -0.1) is 0 Å². The minimum Gasteiger partial charge on any atom is -0.462 e. The van der Waals surface area contributed by atoms with Crippen molar-refractivity contribution in [1.29, 1.82) is 0 Å². The molecule has 384 valence electrons. The smallest absolute Gasteiger partial charge is 0.306 e. The van der Waals surface area contributed by atoms with Crippen LogP contribution in [0.15, 0.2) is 122 Å². The summed E-state index contributed by atoms with van der Waals surface area (Å²) in [7, 11) is 0. The van der Waals surface area contributed by atoms with Crippen LogP contribution in [0, 0.1) is 0 Å². The molecule has 0 fully saturated rings. The molecule has 6 nitrogen and oxygen atoms in total. The van der Waals surface area contributed by atoms with E-state index in [-0.39, 0.29) is 37.5 Å². The maximum Gasteiger partial charge on any atom is 0.306 e. The summed E-state index contributed by atoms with van der Waals surface area (Å²) >= 11 is 0. The lowest BCUT2D eigenvalue weighted by atomic mass is 10.1. The van der Waals surface area contributed by atoms with Crippen LogP contribution in [0.2, 0.25) is 0 Å². The van der Waals surface area contributed by atoms with Gasteiger partial charge in [0.15, 0.2) is 6.10 Å². The van der Waals surface area contributed by atoms with Gasteiger partial charge in [0, 0.05) is 19.3 Å². The van der Waals surface area contributed by atoms with Crippen LogP contribution in [0.1, 0.15) is 233 Å². The summed E-state index contributed by atoms with van der Waals surface area (Å²) in [6, 6.07) is 0. The van der Waals surface area contributed by atoms with Gasteiger partial charge < -0.3 is 14.2 Å². The van der Waals surface area contributed by atoms with Gasteiger partial charge in [0.2, 0.25) is 0 Å². The van der Waals surface area contributed by atoms with Crippen molar-refractivity contribution < 1.29 is 28.6 Å². The van der Waals surface area contributed by atoms with Crippen molar-refractivity contribution in [2.24, 2.45) is 0 Å². The minimum absolute atomic E-state index is 0.110. The molecular weight excluding hydrogens is 841 g/mol. The lowest BCUT2D eigenvalue weighted by molar-refractivity contribution is -0.167. The molecule has 0 aliphatic rings. The molecular formula is C62H100O6. The molecule has 0 bridgehead atoms. The SMILES string of the molecule is CC\C=C/C=C\C=C/C=C\C=C/CCCCCC(=O)OCC(COC(=O)CCCCCCCCC/C=C\CCCCCCCCCC)OC(=O)CCCCC/C=C\C/C=C\C/C=C\C/C=C\CC. The molecule has 0 aliphatic heterocycles. The molecule has 0 aromatic rings. The van der Waals surface area contributed by atoms with E-state index in [0.717, 1.165) is 96.3 Å². The van der Waals surface area contributed by atoms with Crippen LogP contribution in [0.25, 0.3) is 0 Å². The largest absolute Gasteiger partial charge is 0.462 e. The summed E-state index contributed by atoms with van der Waals surface area (Å²) in [5.41, 5.74) is 0. The Balaban J connectivity index is 4.51. The Bertz CT molecular complexity index is 1450. The third-order valence-corrected chi connectivity index (χ3v) is 11.3. The van der Waals surface area contributed by atoms with E-state index in [1.54, 1.807) is 0 Å². The molecule has 0 heterocycles. The van der Waals surface area contributed by atoms with Crippen molar-refractivity contribution in [2.75, 3.05) is 13.2 Å². The van der Waals surface area contributed by atoms with E-state index in [1.807, 2.05) is 48.6 Å². The fraction of sp³-hybridized carbons (Fsp3) is 0.629. The number of carbonyl (C=O) groups excluding carboxylic acids is 3. The molecule has 0 aromatic heterocycles. The second-order valence-electron chi connectivity index (χ2n) is 17.8. The lowest BCUT2D eigenvalue weighted by Gasteiger charge is -2.18. The van der Waals surface area contributed by atoms with Crippen molar-refractivity contribution >= 4 is 17.9 Å². The number of allylic oxidation sites excluding steroid dienone is 20. The molecule has 0 saturated carbocycles. The first kappa shape index (κ1) is 63.8. The maximum absolute atomic E-state index is 12.8. The van der Waals surface area contributed by atoms with Crippen molar-refractivity contribution in [3.8, 4) is 0 Å². The molecule has 0 saturated heterocycles. The molecule has 6 heteroatoms. The van der Waals surface area contributed by atoms with Crippen LogP contribution in [0.5, 0.6) is 0 Å². The fourth-order valence-electron chi connectivity index (χ4n) is 7.21. The molecule has 0 aromatic carbocycles. The standard InChI is InChI=1S/C62H100O6/c1-4-7-10-13-16-19-22-25-28-30-31-32-35-37-40-43-46-49-52-55-61(64)67-58-59(57-66-60(63)54-51-48-45-42-39-36-33-27-24-21-18-15-12-9-6-3)68-62(65)56-53-50-47-44-41-38-34-29-26-23-20-17-14-11-8-5-2/h8-9,11-12,15,17-18,20-21,24,26-27,29-31,33,36,38-39,41,59H,4-7,10,13-14,16,19,22-23,25,28,32,34-35,37,40,42-58H2,1-3H3/b11-8-,12-9-,18-15-,20-17-,24-21-,29-26-,31-30-,33-27-,39-36-,41-38-. The van der Waals surface area contributed by atoms with Crippen LogP contribution in [0.3, 0.4) is 0 Å². The van der Waals surface area contributed by atoms with Crippen molar-refractivity contribution in [1.82, 2.24) is 0 Å². The predicted octanol–water partition coefficient (Wildman–Crippen LogP) is 18.5. The molecule has 0 spiro atoms. The number of carbonyl (C=O) groups is 3. The molecule has 1 atom stereocenters. The summed E-state index contributed by atoms with van der Waals surface area (Å²) in [4.78, 5) is 38.1. The Kier molecular flexibility index (Phi) is 52.0. The van der Waals surface area contributed by atoms with Crippen molar-refractivity contribution in [2.45, 2.75) is 239 Å². The zero-order valence-corrected chi connectivity index (χ0v) is 43.8. The maximum atomic E-state index is 12.8. The number of esters is 3. The van der Waals surface area contributed by atoms with Gasteiger partial charge in [-0.1, -0.05) is 232 Å². The Morgan fingerprint density at radius 3 is 1.10 bits per heavy atom. The number of rotatable bonds is 48. The van der Waals surface area contributed by atoms with Crippen LogP contribution in [0.4, 0.5) is 0 Å². The van der Waals surface area contributed by atoms with E-state index in [9.17, 15) is 14.4 Å². The number of hydrogen-bond donors (Lipinski definition) is 0. The minimum atomic E-state index is -0.818. The lowest BCUT2D eigenvalue weighted by Crippen LogP contribution is -2.30. The molecule has 1 unspecified atom stereocenters. The highest BCUT2D eigenvalue weighted by Gasteiger charge is 2.19. The highest BCUT2D eigenvalue weighted by Crippen LogP contribution is 2.14. The molecule has 68 heavy (non-hydrogen) atoms. The molecule has 0 N–H and O–H groups in total. The third-order valence-electron chi connectivity index (χ3n) is 11.3. The molecule has 0 rings (SSSR count). The summed E-state index contributed by atoms with van der Waals surface area (Å²) in [5.74, 6) is -0.993. The zero-order valence-electron chi connectivity index (χ0n) is 43.8. The van der Waals surface area contributed by atoms with Gasteiger partial charge in [0.05, 0.1) is 0 Å². The van der Waals surface area contributed by atoms with E-state index in [1.165, 1.54) is 89.9 Å².